The SMILES string of the molecule is CC(C)n1c(-c2[c-]cc3oc4ccccc4c3c2)nc2c3ccccc3ccc21.[2H]C([2H])([2H])c1c[c-]c(-c2cc(C([2H])([2H])C(C)C)c([Si](C)(C)C)cn2)cc1.[Ir]. The Labute approximate surface area is 323 Å². The van der Waals surface area contributed by atoms with Gasteiger partial charge >= 0.3 is 0 Å². The second-order valence-corrected chi connectivity index (χ2v) is 19.5. The number of rotatable bonds is 6. The molecule has 1 radical (unpaired) electrons. The quantitative estimate of drug-likeness (QED) is 0.124. The molecule has 3 aromatic heterocycles. The third kappa shape index (κ3) is 7.37. The number of hydrogen-bond acceptors (Lipinski definition) is 3. The van der Waals surface area contributed by atoms with E-state index in [1.54, 1.807) is 18.3 Å². The topological polar surface area (TPSA) is 43.9 Å². The first-order valence-electron chi connectivity index (χ1n) is 19.7. The maximum absolute atomic E-state index is 8.59. The molecule has 0 saturated carbocycles. The minimum absolute atomic E-state index is 0. The van der Waals surface area contributed by atoms with Crippen LogP contribution in [0.5, 0.6) is 0 Å². The molecule has 0 unspecified atom stereocenters. The van der Waals surface area contributed by atoms with Crippen molar-refractivity contribution in [3.63, 3.8) is 0 Å². The fourth-order valence-electron chi connectivity index (χ4n) is 6.56. The van der Waals surface area contributed by atoms with Gasteiger partial charge in [-0.2, -0.15) is 0 Å². The standard InChI is InChI=1S/C26H19N2O.C19H26NSi.Ir/c1-16(2)28-22-13-11-17-7-3-4-8-19(17)25(22)27-26(28)18-12-14-24-21(15-18)20-9-5-6-10-23(20)29-24;1-14(2)11-17-12-18(16-9-7-15(3)8-10-16)20-13-19(17)21(4,5)6;/h3-11,13-16H,1-2H3;7-9,12-14H,11H2,1-6H3;/q2*-1;/i;3D3,11D2;. The Bertz CT molecular complexity index is 2670. The van der Waals surface area contributed by atoms with Crippen molar-refractivity contribution in [3.05, 3.63) is 127 Å². The van der Waals surface area contributed by atoms with Crippen molar-refractivity contribution >= 4 is 57.0 Å². The molecule has 3 heterocycles. The van der Waals surface area contributed by atoms with Crippen LogP contribution >= 0.6 is 0 Å². The van der Waals surface area contributed by atoms with E-state index in [1.807, 2.05) is 44.2 Å². The minimum Gasteiger partial charge on any atom is -0.500 e. The third-order valence-corrected chi connectivity index (χ3v) is 10.9. The predicted molar refractivity (Wildman–Crippen MR) is 214 cm³/mol. The monoisotopic (exact) mass is 869 g/mol. The van der Waals surface area contributed by atoms with E-state index in [-0.39, 0.29) is 37.6 Å². The fraction of sp³-hybridized carbons (Fsp3) is 0.244. The van der Waals surface area contributed by atoms with Gasteiger partial charge in [-0.3, -0.25) is 4.98 Å². The summed E-state index contributed by atoms with van der Waals surface area (Å²) in [6.45, 7) is 12.5. The van der Waals surface area contributed by atoms with Crippen molar-refractivity contribution in [2.75, 3.05) is 0 Å². The van der Waals surface area contributed by atoms with Crippen LogP contribution in [0.3, 0.4) is 0 Å². The molecule has 0 fully saturated rings. The molecule has 8 rings (SSSR count). The molecule has 0 amide bonds. The summed E-state index contributed by atoms with van der Waals surface area (Å²) >= 11 is 0. The van der Waals surface area contributed by atoms with Crippen molar-refractivity contribution in [3.8, 4) is 22.6 Å². The summed E-state index contributed by atoms with van der Waals surface area (Å²) in [4.78, 5) is 9.64. The van der Waals surface area contributed by atoms with Crippen LogP contribution < -0.4 is 5.19 Å². The van der Waals surface area contributed by atoms with Gasteiger partial charge in [0.05, 0.1) is 30.5 Å². The van der Waals surface area contributed by atoms with Crippen LogP contribution in [0.4, 0.5) is 0 Å². The first-order chi connectivity index (χ1) is 25.9. The average Bonchev–Trinajstić information content (AvgIpc) is 3.73. The Hall–Kier alpha value is -4.35. The molecule has 4 nitrogen and oxygen atoms in total. The second kappa shape index (κ2) is 14.7. The second-order valence-electron chi connectivity index (χ2n) is 14.4. The van der Waals surface area contributed by atoms with Crippen LogP contribution in [0.25, 0.3) is 66.4 Å². The first kappa shape index (κ1) is 30.3. The molecular weight excluding hydrogens is 819 g/mol. The smallest absolute Gasteiger partial charge is 0.120 e. The molecule has 0 atom stereocenters. The number of fused-ring (bicyclic) bond motifs is 6. The molecule has 6 heteroatoms. The van der Waals surface area contributed by atoms with Gasteiger partial charge in [-0.05, 0) is 54.5 Å². The Morgan fingerprint density at radius 1 is 0.824 bits per heavy atom. The summed E-state index contributed by atoms with van der Waals surface area (Å²) in [7, 11) is -1.78. The number of hydrogen-bond donors (Lipinski definition) is 0. The van der Waals surface area contributed by atoms with Crippen LogP contribution in [-0.4, -0.2) is 22.6 Å². The van der Waals surface area contributed by atoms with Gasteiger partial charge in [0.25, 0.3) is 0 Å². The summed E-state index contributed by atoms with van der Waals surface area (Å²) in [6.07, 6.45) is 0.328. The summed E-state index contributed by atoms with van der Waals surface area (Å²) in [6, 6.07) is 38.2. The van der Waals surface area contributed by atoms with E-state index in [9.17, 15) is 0 Å². The summed E-state index contributed by atoms with van der Waals surface area (Å²) in [5, 5.41) is 5.62. The predicted octanol–water partition coefficient (Wildman–Crippen LogP) is 11.7. The Morgan fingerprint density at radius 2 is 1.57 bits per heavy atom. The largest absolute Gasteiger partial charge is 0.500 e. The molecule has 0 aliphatic rings. The number of para-hydroxylation sites is 1. The number of nitrogens with zero attached hydrogens (tertiary/aromatic N) is 3. The van der Waals surface area contributed by atoms with Crippen LogP contribution in [0.2, 0.25) is 19.6 Å². The van der Waals surface area contributed by atoms with Gasteiger partial charge in [-0.15, -0.1) is 59.2 Å². The maximum Gasteiger partial charge on any atom is 0.120 e. The van der Waals surface area contributed by atoms with E-state index >= 15 is 0 Å². The minimum atomic E-state index is -2.16. The van der Waals surface area contributed by atoms with Crippen LogP contribution in [0.1, 0.15) is 51.7 Å². The van der Waals surface area contributed by atoms with Crippen molar-refractivity contribution in [1.82, 2.24) is 14.5 Å². The number of aromatic nitrogens is 3. The molecule has 0 aliphatic heterocycles. The molecule has 0 bridgehead atoms. The van der Waals surface area contributed by atoms with Gasteiger partial charge in [0.2, 0.25) is 0 Å². The van der Waals surface area contributed by atoms with E-state index in [1.165, 1.54) is 16.8 Å². The van der Waals surface area contributed by atoms with Gasteiger partial charge in [0, 0.05) is 50.0 Å². The molecular formula is C45H45IrN3OSi-2. The first-order valence-corrected chi connectivity index (χ1v) is 20.7. The molecule has 0 N–H and O–H groups in total. The number of benzene rings is 5. The Morgan fingerprint density at radius 3 is 2.27 bits per heavy atom. The summed E-state index contributed by atoms with van der Waals surface area (Å²) < 4.78 is 47.9. The van der Waals surface area contributed by atoms with Crippen molar-refractivity contribution < 1.29 is 31.4 Å². The van der Waals surface area contributed by atoms with E-state index in [4.69, 9.17) is 16.3 Å². The molecule has 0 saturated heterocycles. The average molecular weight is 869 g/mol. The Balaban J connectivity index is 0.000000188. The van der Waals surface area contributed by atoms with Crippen molar-refractivity contribution in [1.29, 1.82) is 0 Å². The molecule has 51 heavy (non-hydrogen) atoms. The van der Waals surface area contributed by atoms with Gasteiger partial charge in [0.1, 0.15) is 5.58 Å². The molecule has 5 aromatic carbocycles. The van der Waals surface area contributed by atoms with Gasteiger partial charge in [-0.1, -0.05) is 106 Å². The maximum atomic E-state index is 8.59. The van der Waals surface area contributed by atoms with Crippen LogP contribution in [0.15, 0.2) is 108 Å². The van der Waals surface area contributed by atoms with E-state index in [0.717, 1.165) is 49.5 Å². The number of pyridine rings is 1. The van der Waals surface area contributed by atoms with Crippen molar-refractivity contribution in [2.24, 2.45) is 5.92 Å². The number of imidazole rings is 1. The van der Waals surface area contributed by atoms with E-state index < -0.39 is 21.3 Å². The zero-order valence-corrected chi connectivity index (χ0v) is 33.4. The van der Waals surface area contributed by atoms with Gasteiger partial charge in [0.15, 0.2) is 0 Å². The molecule has 8 aromatic rings. The normalized spacial score (nSPS) is 13.8. The molecule has 0 aliphatic carbocycles. The number of aryl methyl sites for hydroxylation is 1. The third-order valence-electron chi connectivity index (χ3n) is 8.90. The molecule has 0 spiro atoms. The van der Waals surface area contributed by atoms with Gasteiger partial charge in [-0.25, -0.2) is 0 Å². The van der Waals surface area contributed by atoms with E-state index in [0.29, 0.717) is 16.8 Å². The van der Waals surface area contributed by atoms with E-state index in [2.05, 4.69) is 104 Å². The van der Waals surface area contributed by atoms with Crippen LogP contribution in [-0.2, 0) is 26.5 Å². The van der Waals surface area contributed by atoms with Crippen LogP contribution in [0, 0.1) is 24.9 Å². The summed E-state index contributed by atoms with van der Waals surface area (Å²) in [5.41, 5.74) is 7.13. The summed E-state index contributed by atoms with van der Waals surface area (Å²) in [5.74, 6) is 0.772. The van der Waals surface area contributed by atoms with Gasteiger partial charge < -0.3 is 14.0 Å². The fourth-order valence-corrected chi connectivity index (χ4v) is 7.96. The zero-order chi connectivity index (χ0) is 39.4. The Kier molecular flexibility index (Phi) is 8.74. The number of furan rings is 1. The molecule has 261 valence electrons. The zero-order valence-electron chi connectivity index (χ0n) is 35.1. The van der Waals surface area contributed by atoms with Crippen molar-refractivity contribution in [2.45, 2.75) is 66.6 Å².